The molecule has 0 spiro atoms. The number of esters is 2. The quantitative estimate of drug-likeness (QED) is 0.469. The zero-order valence-corrected chi connectivity index (χ0v) is 21.5. The molecular formula is C29H37BN2O5. The number of fused-ring (bicyclic) bond motifs is 4. The summed E-state index contributed by atoms with van der Waals surface area (Å²) >= 11 is 0. The predicted octanol–water partition coefficient (Wildman–Crippen LogP) is 4.08. The SMILES string of the molecule is CB(O)N1C2CC[C@@H]1CC(OC(=O)c1ccccc1)C2.O=C(OC1C[C@H]2CC[C@@H](C1)N2)c1ccccc1. The minimum absolute atomic E-state index is 0.0183. The van der Waals surface area contributed by atoms with Crippen LogP contribution in [0.4, 0.5) is 0 Å². The molecule has 4 saturated heterocycles. The minimum Gasteiger partial charge on any atom is -0.459 e. The van der Waals surface area contributed by atoms with E-state index in [0.29, 0.717) is 35.3 Å². The van der Waals surface area contributed by atoms with Crippen LogP contribution in [0.2, 0.25) is 6.82 Å². The first-order valence-electron chi connectivity index (χ1n) is 13.7. The average molecular weight is 504 g/mol. The van der Waals surface area contributed by atoms with E-state index in [1.54, 1.807) is 24.3 Å². The lowest BCUT2D eigenvalue weighted by Crippen LogP contribution is -2.52. The van der Waals surface area contributed by atoms with Gasteiger partial charge >= 0.3 is 19.0 Å². The summed E-state index contributed by atoms with van der Waals surface area (Å²) in [5.74, 6) is -0.419. The normalized spacial score (nSPS) is 30.1. The molecule has 2 aromatic carbocycles. The maximum atomic E-state index is 12.1. The standard InChI is InChI=1S/C15H20BNO3.C14H17NO2/c1-16(19)17-12-7-8-13(17)10-14(9-12)20-15(18)11-5-3-2-4-6-11;16-14(10-4-2-1-3-5-10)17-13-8-11-6-7-12(9-13)15-11/h2-6,12-14,19H,7-10H2,1H3;1-5,11-13,15H,6-9H2/t12-,13?,14?;11-,12+,13?/m1./s1. The Morgan fingerprint density at radius 3 is 1.62 bits per heavy atom. The molecule has 2 N–H and O–H groups in total. The fourth-order valence-corrected chi connectivity index (χ4v) is 6.56. The molecule has 0 radical (unpaired) electrons. The molecule has 4 heterocycles. The van der Waals surface area contributed by atoms with Crippen molar-refractivity contribution in [2.45, 2.75) is 94.6 Å². The van der Waals surface area contributed by atoms with E-state index in [4.69, 9.17) is 9.47 Å². The topological polar surface area (TPSA) is 88.1 Å². The first-order valence-corrected chi connectivity index (χ1v) is 13.7. The number of benzene rings is 2. The van der Waals surface area contributed by atoms with Gasteiger partial charge in [-0.25, -0.2) is 9.59 Å². The van der Waals surface area contributed by atoms with Crippen molar-refractivity contribution in [3.8, 4) is 0 Å². The Kier molecular flexibility index (Phi) is 8.28. The molecule has 4 aliphatic rings. The number of rotatable bonds is 5. The third kappa shape index (κ3) is 6.43. The van der Waals surface area contributed by atoms with Crippen LogP contribution in [0.3, 0.4) is 0 Å². The molecule has 0 saturated carbocycles. The van der Waals surface area contributed by atoms with Gasteiger partial charge in [0.15, 0.2) is 0 Å². The van der Waals surface area contributed by atoms with Crippen molar-refractivity contribution >= 4 is 19.0 Å². The summed E-state index contributed by atoms with van der Waals surface area (Å²) in [5, 5.41) is 13.4. The van der Waals surface area contributed by atoms with Crippen LogP contribution in [-0.4, -0.2) is 65.2 Å². The van der Waals surface area contributed by atoms with Gasteiger partial charge in [-0.3, -0.25) is 0 Å². The van der Waals surface area contributed by atoms with Crippen LogP contribution in [0.5, 0.6) is 0 Å². The second kappa shape index (κ2) is 11.8. The molecular weight excluding hydrogens is 467 g/mol. The predicted molar refractivity (Wildman–Crippen MR) is 142 cm³/mol. The Morgan fingerprint density at radius 2 is 1.19 bits per heavy atom. The van der Waals surface area contributed by atoms with Gasteiger partial charge in [-0.1, -0.05) is 36.4 Å². The van der Waals surface area contributed by atoms with Crippen LogP contribution < -0.4 is 5.32 Å². The van der Waals surface area contributed by atoms with Crippen molar-refractivity contribution in [1.29, 1.82) is 0 Å². The zero-order valence-electron chi connectivity index (χ0n) is 21.5. The van der Waals surface area contributed by atoms with Gasteiger partial charge in [0.2, 0.25) is 0 Å². The van der Waals surface area contributed by atoms with Gasteiger partial charge in [-0.05, 0) is 82.5 Å². The van der Waals surface area contributed by atoms with Crippen molar-refractivity contribution in [1.82, 2.24) is 10.1 Å². The van der Waals surface area contributed by atoms with E-state index in [2.05, 4.69) is 10.1 Å². The molecule has 0 aromatic heterocycles. The Bertz CT molecular complexity index is 1030. The first-order chi connectivity index (χ1) is 18.0. The highest BCUT2D eigenvalue weighted by atomic mass is 16.5. The highest BCUT2D eigenvalue weighted by Gasteiger charge is 2.44. The Hall–Kier alpha value is -2.68. The Balaban J connectivity index is 0.000000153. The van der Waals surface area contributed by atoms with E-state index < -0.39 is 7.05 Å². The molecule has 196 valence electrons. The highest BCUT2D eigenvalue weighted by Crippen LogP contribution is 2.37. The monoisotopic (exact) mass is 504 g/mol. The summed E-state index contributed by atoms with van der Waals surface area (Å²) in [6.45, 7) is 1.82. The highest BCUT2D eigenvalue weighted by molar-refractivity contribution is 6.45. The lowest BCUT2D eigenvalue weighted by molar-refractivity contribution is 0.00597. The second-order valence-electron chi connectivity index (χ2n) is 10.8. The smallest absolute Gasteiger partial charge is 0.376 e. The third-order valence-electron chi connectivity index (χ3n) is 8.17. The van der Waals surface area contributed by atoms with Crippen LogP contribution in [0.25, 0.3) is 0 Å². The number of ether oxygens (including phenoxy) is 2. The molecule has 6 atom stereocenters. The lowest BCUT2D eigenvalue weighted by Gasteiger charge is -2.39. The third-order valence-corrected chi connectivity index (χ3v) is 8.17. The molecule has 7 nitrogen and oxygen atoms in total. The number of carbonyl (C=O) groups excluding carboxylic acids is 2. The molecule has 0 aliphatic carbocycles. The van der Waals surface area contributed by atoms with Crippen LogP contribution in [-0.2, 0) is 9.47 Å². The van der Waals surface area contributed by atoms with Gasteiger partial charge < -0.3 is 24.6 Å². The van der Waals surface area contributed by atoms with E-state index in [1.165, 1.54) is 12.8 Å². The van der Waals surface area contributed by atoms with Crippen molar-refractivity contribution in [3.63, 3.8) is 0 Å². The minimum atomic E-state index is -0.404. The van der Waals surface area contributed by atoms with E-state index in [0.717, 1.165) is 38.5 Å². The van der Waals surface area contributed by atoms with E-state index in [-0.39, 0.29) is 24.1 Å². The van der Waals surface area contributed by atoms with E-state index in [1.807, 2.05) is 43.2 Å². The van der Waals surface area contributed by atoms with Crippen molar-refractivity contribution in [2.24, 2.45) is 0 Å². The van der Waals surface area contributed by atoms with E-state index >= 15 is 0 Å². The van der Waals surface area contributed by atoms with Gasteiger partial charge in [-0.2, -0.15) is 0 Å². The van der Waals surface area contributed by atoms with Crippen LogP contribution in [0.1, 0.15) is 72.1 Å². The maximum absolute atomic E-state index is 12.1. The summed E-state index contributed by atoms with van der Waals surface area (Å²) in [7, 11) is -0.404. The summed E-state index contributed by atoms with van der Waals surface area (Å²) in [6, 6.07) is 20.2. The fourth-order valence-electron chi connectivity index (χ4n) is 6.56. The van der Waals surface area contributed by atoms with Crippen LogP contribution in [0, 0.1) is 0 Å². The van der Waals surface area contributed by atoms with Gasteiger partial charge in [0.1, 0.15) is 12.2 Å². The first kappa shape index (κ1) is 26.0. The van der Waals surface area contributed by atoms with E-state index in [9.17, 15) is 14.6 Å². The van der Waals surface area contributed by atoms with Gasteiger partial charge in [0.05, 0.1) is 11.1 Å². The summed E-state index contributed by atoms with van der Waals surface area (Å²) in [6.07, 6.45) is 8.32. The number of nitrogens with zero attached hydrogens (tertiary/aromatic N) is 1. The molecule has 0 amide bonds. The molecule has 3 unspecified atom stereocenters. The molecule has 4 bridgehead atoms. The van der Waals surface area contributed by atoms with Crippen molar-refractivity contribution in [2.75, 3.05) is 0 Å². The molecule has 4 aliphatic heterocycles. The molecule has 6 rings (SSSR count). The largest absolute Gasteiger partial charge is 0.459 e. The number of hydrogen-bond donors (Lipinski definition) is 2. The van der Waals surface area contributed by atoms with Crippen LogP contribution >= 0.6 is 0 Å². The van der Waals surface area contributed by atoms with Crippen LogP contribution in [0.15, 0.2) is 60.7 Å². The lowest BCUT2D eigenvalue weighted by atomic mass is 9.79. The summed E-state index contributed by atoms with van der Waals surface area (Å²) < 4.78 is 11.2. The number of piperidine rings is 2. The molecule has 2 aromatic rings. The molecule has 8 heteroatoms. The summed E-state index contributed by atoms with van der Waals surface area (Å²) in [4.78, 5) is 26.2. The van der Waals surface area contributed by atoms with Gasteiger partial charge in [-0.15, -0.1) is 0 Å². The maximum Gasteiger partial charge on any atom is 0.376 e. The Morgan fingerprint density at radius 1 is 0.757 bits per heavy atom. The van der Waals surface area contributed by atoms with Crippen molar-refractivity contribution in [3.05, 3.63) is 71.8 Å². The number of nitrogens with one attached hydrogen (secondary N) is 1. The number of carbonyl (C=O) groups is 2. The fraction of sp³-hybridized carbons (Fsp3) is 0.517. The van der Waals surface area contributed by atoms with Gasteiger partial charge in [0, 0.05) is 24.2 Å². The molecule has 37 heavy (non-hydrogen) atoms. The second-order valence-corrected chi connectivity index (χ2v) is 10.8. The van der Waals surface area contributed by atoms with Gasteiger partial charge in [0.25, 0.3) is 0 Å². The summed E-state index contributed by atoms with van der Waals surface area (Å²) in [5.41, 5.74) is 1.26. The zero-order chi connectivity index (χ0) is 25.8. The average Bonchev–Trinajstić information content (AvgIpc) is 3.40. The number of hydrogen-bond acceptors (Lipinski definition) is 7. The molecule has 4 fully saturated rings. The van der Waals surface area contributed by atoms with Crippen molar-refractivity contribution < 1.29 is 24.1 Å². The Labute approximate surface area is 219 Å².